The molecule has 2 atom stereocenters. The number of aryl methyl sites for hydroxylation is 1. The molecule has 0 saturated carbocycles. The summed E-state index contributed by atoms with van der Waals surface area (Å²) < 4.78 is 1.62. The highest BCUT2D eigenvalue weighted by Crippen LogP contribution is 2.27. The Hall–Kier alpha value is -3.20. The van der Waals surface area contributed by atoms with Crippen molar-refractivity contribution in [1.82, 2.24) is 25.7 Å². The van der Waals surface area contributed by atoms with Crippen LogP contribution in [-0.4, -0.2) is 34.7 Å². The lowest BCUT2D eigenvalue weighted by Crippen LogP contribution is -2.40. The van der Waals surface area contributed by atoms with E-state index in [9.17, 15) is 14.4 Å². The monoisotopic (exact) mass is 356 g/mol. The van der Waals surface area contributed by atoms with Crippen LogP contribution in [-0.2, 0) is 22.2 Å². The van der Waals surface area contributed by atoms with Gasteiger partial charge in [-0.05, 0) is 31.7 Å². The zero-order chi connectivity index (χ0) is 18.9. The van der Waals surface area contributed by atoms with Gasteiger partial charge in [0, 0.05) is 24.5 Å². The van der Waals surface area contributed by atoms with E-state index in [-0.39, 0.29) is 5.91 Å². The lowest BCUT2D eigenvalue weighted by molar-refractivity contribution is -0.123. The number of rotatable bonds is 5. The maximum atomic E-state index is 12.6. The Balaban J connectivity index is 1.81. The number of likely N-dealkylation sites (N-methyl/N-ethyl adjacent to an activating group) is 1. The highest BCUT2D eigenvalue weighted by Gasteiger charge is 2.43. The minimum Gasteiger partial charge on any atom is -0.324 e. The molecule has 2 aromatic rings. The molecule has 1 fully saturated rings. The first-order chi connectivity index (χ1) is 12.3. The van der Waals surface area contributed by atoms with Crippen LogP contribution in [0.5, 0.6) is 0 Å². The Kier molecular flexibility index (Phi) is 4.47. The summed E-state index contributed by atoms with van der Waals surface area (Å²) in [6.45, 7) is 1.61. The fraction of sp³-hybridized carbons (Fsp3) is 0.294. The predicted octanol–water partition coefficient (Wildman–Crippen LogP) is 0.374. The van der Waals surface area contributed by atoms with Gasteiger partial charge in [0.15, 0.2) is 0 Å². The van der Waals surface area contributed by atoms with E-state index < -0.39 is 23.5 Å². The van der Waals surface area contributed by atoms with E-state index in [1.165, 1.54) is 0 Å². The van der Waals surface area contributed by atoms with Crippen molar-refractivity contribution < 1.29 is 14.4 Å². The molecule has 136 valence electrons. The molecule has 0 radical (unpaired) electrons. The molecule has 9 heteroatoms. The quantitative estimate of drug-likeness (QED) is 0.578. The van der Waals surface area contributed by atoms with E-state index in [4.69, 9.17) is 0 Å². The molecular formula is C17H20N6O3. The Morgan fingerprint density at radius 2 is 2.12 bits per heavy atom. The van der Waals surface area contributed by atoms with Gasteiger partial charge in [-0.2, -0.15) is 5.10 Å². The normalized spacial score (nSPS) is 20.4. The van der Waals surface area contributed by atoms with E-state index in [1.54, 1.807) is 62.4 Å². The van der Waals surface area contributed by atoms with Gasteiger partial charge in [0.25, 0.3) is 5.91 Å². The Labute approximate surface area is 150 Å². The molecule has 2 heterocycles. The number of nitrogens with zero attached hydrogens (tertiary/aromatic N) is 2. The number of anilines is 1. The number of carbonyl (C=O) groups is 3. The summed E-state index contributed by atoms with van der Waals surface area (Å²) in [7, 11) is 3.46. The van der Waals surface area contributed by atoms with Crippen LogP contribution in [0.2, 0.25) is 0 Å². The maximum absolute atomic E-state index is 12.6. The third-order valence-corrected chi connectivity index (χ3v) is 4.36. The minimum absolute atomic E-state index is 0.261. The Morgan fingerprint density at radius 1 is 1.35 bits per heavy atom. The average molecular weight is 356 g/mol. The van der Waals surface area contributed by atoms with Crippen molar-refractivity contribution in [2.24, 2.45) is 7.05 Å². The second-order valence-electron chi connectivity index (χ2n) is 6.27. The summed E-state index contributed by atoms with van der Waals surface area (Å²) in [5.74, 6) is -0.697. The zero-order valence-electron chi connectivity index (χ0n) is 14.7. The number of amides is 4. The van der Waals surface area contributed by atoms with Gasteiger partial charge in [0.2, 0.25) is 5.91 Å². The van der Waals surface area contributed by atoms with Gasteiger partial charge in [-0.15, -0.1) is 0 Å². The largest absolute Gasteiger partial charge is 0.324 e. The third kappa shape index (κ3) is 3.16. The molecule has 26 heavy (non-hydrogen) atoms. The molecule has 1 aromatic heterocycles. The molecule has 2 unspecified atom stereocenters. The van der Waals surface area contributed by atoms with Gasteiger partial charge >= 0.3 is 6.03 Å². The van der Waals surface area contributed by atoms with Crippen LogP contribution in [0.1, 0.15) is 24.1 Å². The smallest absolute Gasteiger partial charge is 0.322 e. The van der Waals surface area contributed by atoms with Gasteiger partial charge in [-0.25, -0.2) is 4.79 Å². The van der Waals surface area contributed by atoms with Crippen molar-refractivity contribution in [3.8, 4) is 0 Å². The number of nitrogens with one attached hydrogen (secondary N) is 4. The van der Waals surface area contributed by atoms with E-state index in [0.717, 1.165) is 5.56 Å². The third-order valence-electron chi connectivity index (χ3n) is 4.36. The molecule has 0 spiro atoms. The van der Waals surface area contributed by atoms with Crippen molar-refractivity contribution in [3.63, 3.8) is 0 Å². The molecular weight excluding hydrogens is 336 g/mol. The number of hydrogen-bond donors (Lipinski definition) is 4. The highest BCUT2D eigenvalue weighted by molar-refractivity contribution is 6.07. The van der Waals surface area contributed by atoms with Gasteiger partial charge in [0.1, 0.15) is 11.6 Å². The van der Waals surface area contributed by atoms with E-state index in [1.807, 2.05) is 0 Å². The average Bonchev–Trinajstić information content (AvgIpc) is 3.12. The second kappa shape index (κ2) is 6.60. The number of imide groups is 1. The number of benzene rings is 1. The summed E-state index contributed by atoms with van der Waals surface area (Å²) in [5, 5.41) is 14.7. The predicted molar refractivity (Wildman–Crippen MR) is 94.1 cm³/mol. The van der Waals surface area contributed by atoms with Crippen molar-refractivity contribution in [1.29, 1.82) is 0 Å². The van der Waals surface area contributed by atoms with Gasteiger partial charge in [-0.1, -0.05) is 12.1 Å². The van der Waals surface area contributed by atoms with Crippen LogP contribution in [0, 0.1) is 0 Å². The van der Waals surface area contributed by atoms with Crippen LogP contribution in [0.25, 0.3) is 0 Å². The van der Waals surface area contributed by atoms with Gasteiger partial charge in [-0.3, -0.25) is 19.6 Å². The summed E-state index contributed by atoms with van der Waals surface area (Å²) in [5.41, 5.74) is 0.648. The van der Waals surface area contributed by atoms with Crippen molar-refractivity contribution in [3.05, 3.63) is 47.8 Å². The van der Waals surface area contributed by atoms with Crippen LogP contribution < -0.4 is 21.3 Å². The summed E-state index contributed by atoms with van der Waals surface area (Å²) >= 11 is 0. The molecule has 4 amide bonds. The molecule has 1 aliphatic rings. The lowest BCUT2D eigenvalue weighted by atomic mass is 9.92. The zero-order valence-corrected chi connectivity index (χ0v) is 14.7. The highest BCUT2D eigenvalue weighted by atomic mass is 16.2. The van der Waals surface area contributed by atoms with Crippen LogP contribution in [0.4, 0.5) is 10.5 Å². The SMILES string of the molecule is CNC(C(=O)Nc1cccc(C2(C)NC(=O)NC2=O)c1)c1cnn(C)c1. The maximum Gasteiger partial charge on any atom is 0.322 e. The molecule has 1 aliphatic heterocycles. The Morgan fingerprint density at radius 3 is 2.69 bits per heavy atom. The molecule has 4 N–H and O–H groups in total. The van der Waals surface area contributed by atoms with Crippen LogP contribution in [0.15, 0.2) is 36.7 Å². The van der Waals surface area contributed by atoms with Gasteiger partial charge in [0.05, 0.1) is 6.20 Å². The fourth-order valence-electron chi connectivity index (χ4n) is 2.91. The molecule has 1 aromatic carbocycles. The van der Waals surface area contributed by atoms with Crippen molar-refractivity contribution in [2.75, 3.05) is 12.4 Å². The molecule has 9 nitrogen and oxygen atoms in total. The molecule has 0 aliphatic carbocycles. The standard InChI is InChI=1S/C17H20N6O3/c1-17(15(25)21-16(26)22-17)11-5-4-6-12(7-11)20-14(24)13(18-2)10-8-19-23(3)9-10/h4-9,13,18H,1-3H3,(H,20,24)(H2,21,22,25,26). The van der Waals surface area contributed by atoms with Gasteiger partial charge < -0.3 is 16.0 Å². The number of carbonyl (C=O) groups excluding carboxylic acids is 3. The molecule has 1 saturated heterocycles. The number of urea groups is 1. The lowest BCUT2D eigenvalue weighted by Gasteiger charge is -2.22. The van der Waals surface area contributed by atoms with Crippen molar-refractivity contribution >= 4 is 23.5 Å². The first kappa shape index (κ1) is 17.6. The summed E-state index contributed by atoms with van der Waals surface area (Å²) in [6, 6.07) is 5.70. The van der Waals surface area contributed by atoms with Crippen LogP contribution in [0.3, 0.4) is 0 Å². The summed E-state index contributed by atoms with van der Waals surface area (Å²) in [6.07, 6.45) is 3.38. The number of hydrogen-bond acceptors (Lipinski definition) is 5. The van der Waals surface area contributed by atoms with Crippen molar-refractivity contribution in [2.45, 2.75) is 18.5 Å². The minimum atomic E-state index is -1.18. The number of aromatic nitrogens is 2. The Bertz CT molecular complexity index is 877. The van der Waals surface area contributed by atoms with Crippen LogP contribution >= 0.6 is 0 Å². The topological polar surface area (TPSA) is 117 Å². The first-order valence-electron chi connectivity index (χ1n) is 8.04. The first-order valence-corrected chi connectivity index (χ1v) is 8.04. The summed E-state index contributed by atoms with van der Waals surface area (Å²) in [4.78, 5) is 36.2. The van der Waals surface area contributed by atoms with E-state index in [0.29, 0.717) is 11.3 Å². The second-order valence-corrected chi connectivity index (χ2v) is 6.27. The molecule has 0 bridgehead atoms. The van der Waals surface area contributed by atoms with E-state index >= 15 is 0 Å². The molecule has 3 rings (SSSR count). The van der Waals surface area contributed by atoms with E-state index in [2.05, 4.69) is 26.4 Å². The fourth-order valence-corrected chi connectivity index (χ4v) is 2.91.